The molecule has 2 aliphatic rings. The van der Waals surface area contributed by atoms with E-state index in [9.17, 15) is 5.11 Å². The van der Waals surface area contributed by atoms with Crippen molar-refractivity contribution in [2.24, 2.45) is 0 Å². The molecule has 116 valence electrons. The van der Waals surface area contributed by atoms with Gasteiger partial charge in [0.25, 0.3) is 0 Å². The molecule has 1 aromatic carbocycles. The van der Waals surface area contributed by atoms with E-state index in [4.69, 9.17) is 4.74 Å². The van der Waals surface area contributed by atoms with Crippen LogP contribution in [0.2, 0.25) is 0 Å². The first-order valence-electron chi connectivity index (χ1n) is 8.27. The number of piperidine rings is 1. The molecule has 2 fully saturated rings. The van der Waals surface area contributed by atoms with Crippen molar-refractivity contribution in [1.82, 2.24) is 4.90 Å². The van der Waals surface area contributed by atoms with Crippen molar-refractivity contribution in [2.45, 2.75) is 64.1 Å². The smallest absolute Gasteiger partial charge is 0.119 e. The average molecular weight is 289 g/mol. The Kier molecular flexibility index (Phi) is 4.51. The van der Waals surface area contributed by atoms with E-state index in [2.05, 4.69) is 36.9 Å². The molecule has 0 amide bonds. The normalized spacial score (nSPS) is 28.8. The van der Waals surface area contributed by atoms with Crippen LogP contribution in [-0.2, 0) is 0 Å². The van der Waals surface area contributed by atoms with Crippen LogP contribution in [-0.4, -0.2) is 41.3 Å². The van der Waals surface area contributed by atoms with Gasteiger partial charge in [0.15, 0.2) is 0 Å². The molecule has 2 heterocycles. The molecule has 1 aromatic rings. The predicted molar refractivity (Wildman–Crippen MR) is 84.8 cm³/mol. The lowest BCUT2D eigenvalue weighted by molar-refractivity contribution is 0.0331. The van der Waals surface area contributed by atoms with E-state index < -0.39 is 0 Å². The highest BCUT2D eigenvalue weighted by Crippen LogP contribution is 2.35. The Balaban J connectivity index is 1.44. The van der Waals surface area contributed by atoms with Crippen LogP contribution in [0.1, 0.15) is 43.2 Å². The number of ether oxygens (including phenoxy) is 1. The number of hydrogen-bond donors (Lipinski definition) is 1. The lowest BCUT2D eigenvalue weighted by Crippen LogP contribution is -2.45. The summed E-state index contributed by atoms with van der Waals surface area (Å²) < 4.78 is 5.89. The zero-order valence-corrected chi connectivity index (χ0v) is 13.2. The molecular weight excluding hydrogens is 262 g/mol. The van der Waals surface area contributed by atoms with Crippen LogP contribution in [0.25, 0.3) is 0 Å². The number of fused-ring (bicyclic) bond motifs is 2. The van der Waals surface area contributed by atoms with Crippen LogP contribution < -0.4 is 4.74 Å². The molecule has 0 aliphatic carbocycles. The van der Waals surface area contributed by atoms with E-state index >= 15 is 0 Å². The Morgan fingerprint density at radius 2 is 1.71 bits per heavy atom. The van der Waals surface area contributed by atoms with E-state index in [1.807, 2.05) is 0 Å². The van der Waals surface area contributed by atoms with Gasteiger partial charge in [-0.2, -0.15) is 0 Å². The minimum absolute atomic E-state index is 0.0646. The minimum Gasteiger partial charge on any atom is -0.494 e. The molecular formula is C18H27NO2. The molecule has 3 nitrogen and oxygen atoms in total. The van der Waals surface area contributed by atoms with Crippen LogP contribution in [0.4, 0.5) is 0 Å². The lowest BCUT2D eigenvalue weighted by atomic mass is 10.00. The van der Waals surface area contributed by atoms with Crippen LogP contribution in [0, 0.1) is 13.8 Å². The number of aliphatic hydroxyl groups excluding tert-OH is 1. The van der Waals surface area contributed by atoms with Crippen molar-refractivity contribution in [3.05, 3.63) is 29.3 Å². The number of hydrogen-bond acceptors (Lipinski definition) is 3. The Bertz CT molecular complexity index is 454. The lowest BCUT2D eigenvalue weighted by Gasteiger charge is -2.37. The van der Waals surface area contributed by atoms with Crippen molar-refractivity contribution in [3.8, 4) is 5.75 Å². The van der Waals surface area contributed by atoms with E-state index in [0.717, 1.165) is 38.2 Å². The number of aliphatic hydroxyl groups is 1. The molecule has 0 spiro atoms. The van der Waals surface area contributed by atoms with Gasteiger partial charge in [0.1, 0.15) is 5.75 Å². The van der Waals surface area contributed by atoms with Crippen LogP contribution in [0.15, 0.2) is 18.2 Å². The first-order chi connectivity index (χ1) is 10.1. The van der Waals surface area contributed by atoms with Crippen molar-refractivity contribution >= 4 is 0 Å². The van der Waals surface area contributed by atoms with E-state index in [1.165, 1.54) is 24.0 Å². The number of aryl methyl sites for hydroxylation is 2. The van der Waals surface area contributed by atoms with Crippen molar-refractivity contribution in [3.63, 3.8) is 0 Å². The summed E-state index contributed by atoms with van der Waals surface area (Å²) in [5, 5.41) is 9.83. The first-order valence-corrected chi connectivity index (χ1v) is 8.27. The second kappa shape index (κ2) is 6.37. The molecule has 3 rings (SSSR count). The summed E-state index contributed by atoms with van der Waals surface area (Å²) >= 11 is 0. The van der Waals surface area contributed by atoms with Gasteiger partial charge in [-0.3, -0.25) is 4.90 Å². The molecule has 2 saturated heterocycles. The topological polar surface area (TPSA) is 32.7 Å². The second-order valence-corrected chi connectivity index (χ2v) is 6.77. The predicted octanol–water partition coefficient (Wildman–Crippen LogP) is 3.06. The van der Waals surface area contributed by atoms with Gasteiger partial charge in [-0.05, 0) is 69.2 Å². The third-order valence-corrected chi connectivity index (χ3v) is 4.88. The standard InChI is InChI=1S/C18H27NO2/c1-13-8-14(2)10-18(9-13)21-7-3-6-19-15-4-5-16(19)12-17(20)11-15/h8-10,15-17,20H,3-7,11-12H2,1-2H3. The van der Waals surface area contributed by atoms with Gasteiger partial charge >= 0.3 is 0 Å². The molecule has 1 N–H and O–H groups in total. The Morgan fingerprint density at radius 1 is 1.10 bits per heavy atom. The monoisotopic (exact) mass is 289 g/mol. The highest BCUT2D eigenvalue weighted by Gasteiger charge is 2.39. The van der Waals surface area contributed by atoms with Crippen molar-refractivity contribution in [2.75, 3.05) is 13.2 Å². The Labute approximate surface area is 127 Å². The van der Waals surface area contributed by atoms with Gasteiger partial charge in [-0.25, -0.2) is 0 Å². The zero-order chi connectivity index (χ0) is 14.8. The van der Waals surface area contributed by atoms with Crippen molar-refractivity contribution < 1.29 is 9.84 Å². The summed E-state index contributed by atoms with van der Waals surface area (Å²) in [5.74, 6) is 0.990. The third kappa shape index (κ3) is 3.58. The Hall–Kier alpha value is -1.06. The van der Waals surface area contributed by atoms with Gasteiger partial charge in [-0.1, -0.05) is 6.07 Å². The molecule has 3 heteroatoms. The molecule has 0 radical (unpaired) electrons. The summed E-state index contributed by atoms with van der Waals surface area (Å²) in [7, 11) is 0. The fraction of sp³-hybridized carbons (Fsp3) is 0.667. The minimum atomic E-state index is -0.0646. The number of nitrogens with zero attached hydrogens (tertiary/aromatic N) is 1. The van der Waals surface area contributed by atoms with E-state index in [-0.39, 0.29) is 6.10 Å². The van der Waals surface area contributed by atoms with Crippen molar-refractivity contribution in [1.29, 1.82) is 0 Å². The van der Waals surface area contributed by atoms with Gasteiger partial charge in [0.05, 0.1) is 12.7 Å². The molecule has 2 aliphatic heterocycles. The second-order valence-electron chi connectivity index (χ2n) is 6.77. The molecule has 2 atom stereocenters. The van der Waals surface area contributed by atoms with Gasteiger partial charge in [-0.15, -0.1) is 0 Å². The van der Waals surface area contributed by atoms with Crippen LogP contribution in [0.5, 0.6) is 5.75 Å². The average Bonchev–Trinajstić information content (AvgIpc) is 2.65. The Morgan fingerprint density at radius 3 is 2.33 bits per heavy atom. The maximum Gasteiger partial charge on any atom is 0.119 e. The molecule has 0 aromatic heterocycles. The van der Waals surface area contributed by atoms with E-state index in [0.29, 0.717) is 12.1 Å². The zero-order valence-electron chi connectivity index (χ0n) is 13.2. The summed E-state index contributed by atoms with van der Waals surface area (Å²) in [4.78, 5) is 2.61. The fourth-order valence-corrected chi connectivity index (χ4v) is 4.06. The summed E-state index contributed by atoms with van der Waals surface area (Å²) in [5.41, 5.74) is 2.51. The first kappa shape index (κ1) is 14.9. The highest BCUT2D eigenvalue weighted by atomic mass is 16.5. The van der Waals surface area contributed by atoms with Gasteiger partial charge in [0, 0.05) is 18.6 Å². The molecule has 0 saturated carbocycles. The quantitative estimate of drug-likeness (QED) is 0.846. The largest absolute Gasteiger partial charge is 0.494 e. The van der Waals surface area contributed by atoms with Gasteiger partial charge < -0.3 is 9.84 Å². The summed E-state index contributed by atoms with van der Waals surface area (Å²) in [6.45, 7) is 6.10. The fourth-order valence-electron chi connectivity index (χ4n) is 4.06. The highest BCUT2D eigenvalue weighted by molar-refractivity contribution is 5.32. The van der Waals surface area contributed by atoms with Crippen LogP contribution in [0.3, 0.4) is 0 Å². The van der Waals surface area contributed by atoms with E-state index in [1.54, 1.807) is 0 Å². The maximum atomic E-state index is 9.83. The molecule has 2 unspecified atom stereocenters. The number of benzene rings is 1. The molecule has 21 heavy (non-hydrogen) atoms. The number of rotatable bonds is 5. The molecule has 2 bridgehead atoms. The third-order valence-electron chi connectivity index (χ3n) is 4.88. The summed E-state index contributed by atoms with van der Waals surface area (Å²) in [6, 6.07) is 7.60. The maximum absolute atomic E-state index is 9.83. The summed E-state index contributed by atoms with van der Waals surface area (Å²) in [6.07, 6.45) is 5.46. The van der Waals surface area contributed by atoms with Gasteiger partial charge in [0.2, 0.25) is 0 Å². The van der Waals surface area contributed by atoms with Crippen LogP contribution >= 0.6 is 0 Å². The SMILES string of the molecule is Cc1cc(C)cc(OCCCN2C3CCC2CC(O)C3)c1.